The smallest absolute Gasteiger partial charge is 0.192 e. The van der Waals surface area contributed by atoms with Gasteiger partial charge in [0.1, 0.15) is 0 Å². The Kier molecular flexibility index (Phi) is 3.78. The van der Waals surface area contributed by atoms with E-state index in [0.29, 0.717) is 11.0 Å². The number of halogens is 1. The zero-order valence-electron chi connectivity index (χ0n) is 7.23. The van der Waals surface area contributed by atoms with Crippen molar-refractivity contribution in [2.24, 2.45) is 5.10 Å². The molecule has 0 unspecified atom stereocenters. The molecule has 0 aromatic carbocycles. The van der Waals surface area contributed by atoms with Crippen LogP contribution in [0.15, 0.2) is 11.3 Å². The fourth-order valence-corrected chi connectivity index (χ4v) is 1.66. The molecule has 0 atom stereocenters. The van der Waals surface area contributed by atoms with E-state index in [-0.39, 0.29) is 5.84 Å². The lowest BCUT2D eigenvalue weighted by Crippen LogP contribution is -2.20. The van der Waals surface area contributed by atoms with Gasteiger partial charge in [0.25, 0.3) is 0 Å². The highest BCUT2D eigenvalue weighted by Gasteiger charge is 2.01. The van der Waals surface area contributed by atoms with Crippen LogP contribution in [0.1, 0.15) is 11.8 Å². The molecule has 0 spiro atoms. The van der Waals surface area contributed by atoms with E-state index in [0.717, 1.165) is 4.88 Å². The van der Waals surface area contributed by atoms with Crippen molar-refractivity contribution < 1.29 is 5.03 Å². The van der Waals surface area contributed by atoms with Gasteiger partial charge in [0.15, 0.2) is 15.3 Å². The monoisotopic (exact) mass is 234 g/mol. The van der Waals surface area contributed by atoms with Crippen LogP contribution in [0, 0.1) is 10.1 Å². The van der Waals surface area contributed by atoms with Gasteiger partial charge in [-0.2, -0.15) is 0 Å². The van der Waals surface area contributed by atoms with Gasteiger partial charge in [0.05, 0.1) is 11.6 Å². The van der Waals surface area contributed by atoms with Crippen LogP contribution in [0.3, 0.4) is 0 Å². The van der Waals surface area contributed by atoms with Gasteiger partial charge >= 0.3 is 0 Å². The summed E-state index contributed by atoms with van der Waals surface area (Å²) in [4.78, 5) is 14.7. The van der Waals surface area contributed by atoms with Crippen molar-refractivity contribution in [2.75, 3.05) is 0 Å². The molecule has 0 amide bonds. The predicted molar refractivity (Wildman–Crippen MR) is 54.1 cm³/mol. The molecule has 0 saturated carbocycles. The molecule has 1 aromatic rings. The number of thiazole rings is 1. The molecule has 0 bridgehead atoms. The van der Waals surface area contributed by atoms with E-state index in [4.69, 9.17) is 11.6 Å². The number of nitrogens with zero attached hydrogens (tertiary/aromatic N) is 3. The Hall–Kier alpha value is -1.21. The summed E-state index contributed by atoms with van der Waals surface area (Å²) in [6.45, 7) is 1.96. The molecule has 8 heteroatoms. The first kappa shape index (κ1) is 10.9. The molecular formula is C6H7ClN4O2S. The van der Waals surface area contributed by atoms with Crippen LogP contribution in [0.4, 0.5) is 0 Å². The summed E-state index contributed by atoms with van der Waals surface area (Å²) in [5.41, 5.74) is 0. The molecule has 0 aliphatic rings. The van der Waals surface area contributed by atoms with Crippen molar-refractivity contribution in [3.8, 4) is 0 Å². The van der Waals surface area contributed by atoms with Gasteiger partial charge in [-0.1, -0.05) is 11.6 Å². The number of hydrazone groups is 1. The van der Waals surface area contributed by atoms with Crippen LogP contribution in [-0.4, -0.2) is 15.9 Å². The Bertz CT molecular complexity index is 364. The summed E-state index contributed by atoms with van der Waals surface area (Å²) in [5, 5.41) is 15.1. The zero-order valence-corrected chi connectivity index (χ0v) is 8.80. The van der Waals surface area contributed by atoms with E-state index >= 15 is 0 Å². The van der Waals surface area contributed by atoms with E-state index in [9.17, 15) is 10.1 Å². The number of amidine groups is 1. The fourth-order valence-electron chi connectivity index (χ4n) is 0.738. The number of rotatable bonds is 3. The molecule has 0 saturated heterocycles. The summed E-state index contributed by atoms with van der Waals surface area (Å²) >= 11 is 6.92. The molecule has 14 heavy (non-hydrogen) atoms. The van der Waals surface area contributed by atoms with Crippen LogP contribution in [0.5, 0.6) is 0 Å². The van der Waals surface area contributed by atoms with Crippen LogP contribution in [0.2, 0.25) is 4.47 Å². The fraction of sp³-hybridized carbons (Fsp3) is 0.333. The maximum Gasteiger partial charge on any atom is 0.192 e. The molecule has 1 rings (SSSR count). The third-order valence-electron chi connectivity index (χ3n) is 1.28. The average Bonchev–Trinajstić information content (AvgIpc) is 2.47. The highest BCUT2D eigenvalue weighted by Crippen LogP contribution is 2.16. The second-order valence-corrected chi connectivity index (χ2v) is 4.05. The maximum atomic E-state index is 9.97. The Balaban J connectivity index is 2.45. The molecule has 0 aliphatic carbocycles. The molecule has 0 fully saturated rings. The van der Waals surface area contributed by atoms with E-state index in [1.165, 1.54) is 18.3 Å². The summed E-state index contributed by atoms with van der Waals surface area (Å²) in [6.07, 6.45) is 1.61. The summed E-state index contributed by atoms with van der Waals surface area (Å²) in [7, 11) is 0. The topological polar surface area (TPSA) is 80.4 Å². The highest BCUT2D eigenvalue weighted by atomic mass is 35.5. The third-order valence-corrected chi connectivity index (χ3v) is 2.39. The second kappa shape index (κ2) is 4.87. The van der Waals surface area contributed by atoms with Crippen molar-refractivity contribution in [3.63, 3.8) is 0 Å². The number of hydrogen-bond donors (Lipinski definition) is 1. The minimum atomic E-state index is -0.748. The van der Waals surface area contributed by atoms with Gasteiger partial charge in [-0.25, -0.2) is 15.1 Å². The SMILES string of the molecule is C/C(=N\[N+](=O)[O-])NCc1cnc(Cl)s1. The van der Waals surface area contributed by atoms with Crippen LogP contribution in [0.25, 0.3) is 0 Å². The van der Waals surface area contributed by atoms with Gasteiger partial charge in [0.2, 0.25) is 0 Å². The molecule has 1 N–H and O–H groups in total. The Labute approximate surface area is 88.8 Å². The van der Waals surface area contributed by atoms with Crippen molar-refractivity contribution in [1.82, 2.24) is 10.3 Å². The summed E-state index contributed by atoms with van der Waals surface area (Å²) in [6, 6.07) is 0. The molecular weight excluding hydrogens is 228 g/mol. The number of nitro groups is 1. The average molecular weight is 235 g/mol. The first-order chi connectivity index (χ1) is 6.58. The Morgan fingerprint density at radius 3 is 3.14 bits per heavy atom. The first-order valence-corrected chi connectivity index (χ1v) is 4.81. The van der Waals surface area contributed by atoms with Crippen LogP contribution < -0.4 is 5.32 Å². The minimum Gasteiger partial charge on any atom is -0.364 e. The molecule has 0 radical (unpaired) electrons. The van der Waals surface area contributed by atoms with Gasteiger partial charge in [-0.15, -0.1) is 11.3 Å². The summed E-state index contributed by atoms with van der Waals surface area (Å²) < 4.78 is 0.450. The molecule has 1 aromatic heterocycles. The van der Waals surface area contributed by atoms with E-state index in [1.54, 1.807) is 6.20 Å². The van der Waals surface area contributed by atoms with Crippen LogP contribution in [-0.2, 0) is 6.54 Å². The molecule has 76 valence electrons. The van der Waals surface area contributed by atoms with Gasteiger partial charge in [-0.3, -0.25) is 0 Å². The Morgan fingerprint density at radius 2 is 2.64 bits per heavy atom. The normalized spacial score (nSPS) is 11.4. The largest absolute Gasteiger partial charge is 0.364 e. The third kappa shape index (κ3) is 3.67. The maximum absolute atomic E-state index is 9.97. The quantitative estimate of drug-likeness (QED) is 0.372. The summed E-state index contributed by atoms with van der Waals surface area (Å²) in [5.74, 6) is 0.250. The van der Waals surface area contributed by atoms with Crippen molar-refractivity contribution in [2.45, 2.75) is 13.5 Å². The number of nitrogens with one attached hydrogen (secondary N) is 1. The lowest BCUT2D eigenvalue weighted by atomic mass is 10.5. The van der Waals surface area contributed by atoms with Crippen LogP contribution >= 0.6 is 22.9 Å². The van der Waals surface area contributed by atoms with E-state index < -0.39 is 5.03 Å². The van der Waals surface area contributed by atoms with E-state index in [2.05, 4.69) is 15.4 Å². The second-order valence-electron chi connectivity index (χ2n) is 2.36. The van der Waals surface area contributed by atoms with Crippen molar-refractivity contribution in [3.05, 3.63) is 25.7 Å². The number of aromatic nitrogens is 1. The number of hydrogen-bond acceptors (Lipinski definition) is 4. The predicted octanol–water partition coefficient (Wildman–Crippen LogP) is 1.50. The van der Waals surface area contributed by atoms with Crippen molar-refractivity contribution >= 4 is 28.8 Å². The Morgan fingerprint density at radius 1 is 1.93 bits per heavy atom. The molecule has 0 aliphatic heterocycles. The highest BCUT2D eigenvalue weighted by molar-refractivity contribution is 7.15. The molecule has 1 heterocycles. The standard InChI is InChI=1S/C6H7ClN4O2S/c1-4(10-11(12)13)8-2-5-3-9-6(7)14-5/h3H,2H2,1H3,(H,8,10). The van der Waals surface area contributed by atoms with Gasteiger partial charge < -0.3 is 5.32 Å². The first-order valence-electron chi connectivity index (χ1n) is 3.61. The van der Waals surface area contributed by atoms with Crippen molar-refractivity contribution in [1.29, 1.82) is 0 Å². The van der Waals surface area contributed by atoms with Gasteiger partial charge in [-0.05, 0) is 6.92 Å². The lowest BCUT2D eigenvalue weighted by molar-refractivity contribution is -0.485. The molecule has 6 nitrogen and oxygen atoms in total. The lowest BCUT2D eigenvalue weighted by Gasteiger charge is -1.98. The minimum absolute atomic E-state index is 0.250. The zero-order chi connectivity index (χ0) is 10.6. The van der Waals surface area contributed by atoms with Gasteiger partial charge in [0, 0.05) is 11.1 Å². The van der Waals surface area contributed by atoms with E-state index in [1.807, 2.05) is 0 Å².